The molecule has 0 saturated carbocycles. The molecule has 0 spiro atoms. The Balaban J connectivity index is 0.00000338. The van der Waals surface area contributed by atoms with Crippen molar-refractivity contribution in [3.63, 3.8) is 0 Å². The first kappa shape index (κ1) is 22.4. The average Bonchev–Trinajstić information content (AvgIpc) is 2.88. The fourth-order valence-corrected chi connectivity index (χ4v) is 2.62. The minimum Gasteiger partial charge on any atom is -0.357 e. The largest absolute Gasteiger partial charge is 0.357 e. The van der Waals surface area contributed by atoms with E-state index in [4.69, 9.17) is 0 Å². The van der Waals surface area contributed by atoms with E-state index in [0.717, 1.165) is 25.3 Å². The van der Waals surface area contributed by atoms with Crippen LogP contribution in [0.5, 0.6) is 0 Å². The van der Waals surface area contributed by atoms with Crippen LogP contribution in [-0.4, -0.2) is 28.8 Å². The highest BCUT2D eigenvalue weighted by atomic mass is 127. The predicted octanol–water partition coefficient (Wildman–Crippen LogP) is 3.65. The molecule has 0 radical (unpaired) electrons. The Bertz CT molecular complexity index is 714. The van der Waals surface area contributed by atoms with Gasteiger partial charge in [0.15, 0.2) is 5.96 Å². The molecule has 0 amide bonds. The van der Waals surface area contributed by atoms with E-state index in [2.05, 4.69) is 40.6 Å². The minimum atomic E-state index is -0.222. The number of aromatic nitrogens is 2. The molecule has 0 aliphatic rings. The molecule has 1 atom stereocenters. The lowest BCUT2D eigenvalue weighted by molar-refractivity contribution is 0.436. The van der Waals surface area contributed by atoms with Gasteiger partial charge < -0.3 is 10.6 Å². The standard InChI is InChI=1S/C19H28FN5.HI/c1-5-21-19(23-12-17-8-6-7-9-18(17)20)22-11-14(2)13-25-16(4)10-15(3)24-25;/h6-10,14H,5,11-13H2,1-4H3,(H2,21,22,23);1H. The van der Waals surface area contributed by atoms with Crippen LogP contribution in [0, 0.1) is 25.6 Å². The molecular weight excluding hydrogens is 444 g/mol. The Labute approximate surface area is 172 Å². The number of halogens is 2. The summed E-state index contributed by atoms with van der Waals surface area (Å²) < 4.78 is 15.7. The van der Waals surface area contributed by atoms with Gasteiger partial charge in [-0.2, -0.15) is 5.10 Å². The van der Waals surface area contributed by atoms with Crippen LogP contribution in [-0.2, 0) is 13.1 Å². The molecule has 144 valence electrons. The third-order valence-corrected chi connectivity index (χ3v) is 3.92. The zero-order valence-corrected chi connectivity index (χ0v) is 18.3. The zero-order chi connectivity index (χ0) is 18.2. The van der Waals surface area contributed by atoms with Gasteiger partial charge in [0.1, 0.15) is 5.82 Å². The van der Waals surface area contributed by atoms with E-state index in [1.165, 1.54) is 11.8 Å². The molecule has 2 rings (SSSR count). The fraction of sp³-hybridized carbons (Fsp3) is 0.474. The highest BCUT2D eigenvalue weighted by Crippen LogP contribution is 2.08. The predicted molar refractivity (Wildman–Crippen MR) is 115 cm³/mol. The highest BCUT2D eigenvalue weighted by Gasteiger charge is 2.08. The van der Waals surface area contributed by atoms with Gasteiger partial charge >= 0.3 is 0 Å². The van der Waals surface area contributed by atoms with Crippen molar-refractivity contribution in [2.75, 3.05) is 13.1 Å². The normalized spacial score (nSPS) is 12.4. The SMILES string of the molecule is CCNC(=NCc1ccccc1F)NCC(C)Cn1nc(C)cc1C.I. The van der Waals surface area contributed by atoms with Gasteiger partial charge in [-0.25, -0.2) is 9.38 Å². The van der Waals surface area contributed by atoms with Crippen LogP contribution in [0.25, 0.3) is 0 Å². The van der Waals surface area contributed by atoms with Crippen LogP contribution < -0.4 is 10.6 Å². The van der Waals surface area contributed by atoms with Crippen LogP contribution in [0.3, 0.4) is 0 Å². The summed E-state index contributed by atoms with van der Waals surface area (Å²) in [5, 5.41) is 11.0. The topological polar surface area (TPSA) is 54.2 Å². The van der Waals surface area contributed by atoms with E-state index >= 15 is 0 Å². The maximum Gasteiger partial charge on any atom is 0.191 e. The van der Waals surface area contributed by atoms with Crippen LogP contribution in [0.1, 0.15) is 30.8 Å². The van der Waals surface area contributed by atoms with Gasteiger partial charge in [0.2, 0.25) is 0 Å². The van der Waals surface area contributed by atoms with Crippen molar-refractivity contribution in [1.29, 1.82) is 0 Å². The molecule has 1 aromatic carbocycles. The van der Waals surface area contributed by atoms with Crippen molar-refractivity contribution in [3.05, 3.63) is 53.1 Å². The van der Waals surface area contributed by atoms with E-state index in [1.54, 1.807) is 12.1 Å². The molecule has 0 aliphatic carbocycles. The maximum absolute atomic E-state index is 13.7. The summed E-state index contributed by atoms with van der Waals surface area (Å²) in [5.74, 6) is 0.862. The Hall–Kier alpha value is -1.64. The van der Waals surface area contributed by atoms with Crippen LogP contribution >= 0.6 is 24.0 Å². The van der Waals surface area contributed by atoms with Crippen LogP contribution in [0.2, 0.25) is 0 Å². The lowest BCUT2D eigenvalue weighted by Gasteiger charge is -2.16. The Morgan fingerprint density at radius 3 is 2.62 bits per heavy atom. The summed E-state index contributed by atoms with van der Waals surface area (Å²) in [6.45, 7) is 10.9. The van der Waals surface area contributed by atoms with E-state index < -0.39 is 0 Å². The maximum atomic E-state index is 13.7. The number of hydrogen-bond donors (Lipinski definition) is 2. The molecule has 2 aromatic rings. The van der Waals surface area contributed by atoms with Gasteiger partial charge in [-0.3, -0.25) is 4.68 Å². The Morgan fingerprint density at radius 1 is 1.27 bits per heavy atom. The Kier molecular flexibility index (Phi) is 9.61. The number of guanidine groups is 1. The second-order valence-corrected chi connectivity index (χ2v) is 6.38. The van der Waals surface area contributed by atoms with Crippen molar-refractivity contribution in [1.82, 2.24) is 20.4 Å². The first-order valence-corrected chi connectivity index (χ1v) is 8.76. The first-order valence-electron chi connectivity index (χ1n) is 8.76. The second-order valence-electron chi connectivity index (χ2n) is 6.38. The molecule has 1 aromatic heterocycles. The van der Waals surface area contributed by atoms with Crippen molar-refractivity contribution in [2.45, 2.75) is 40.8 Å². The first-order chi connectivity index (χ1) is 12.0. The molecule has 0 saturated heterocycles. The van der Waals surface area contributed by atoms with Gasteiger partial charge in [0.05, 0.1) is 12.2 Å². The smallest absolute Gasteiger partial charge is 0.191 e. The molecule has 1 heterocycles. The molecule has 2 N–H and O–H groups in total. The summed E-state index contributed by atoms with van der Waals surface area (Å²) in [6, 6.07) is 8.81. The summed E-state index contributed by atoms with van der Waals surface area (Å²) >= 11 is 0. The number of rotatable bonds is 7. The number of hydrogen-bond acceptors (Lipinski definition) is 2. The van der Waals surface area contributed by atoms with Crippen molar-refractivity contribution >= 4 is 29.9 Å². The second kappa shape index (κ2) is 11.2. The van der Waals surface area contributed by atoms with Gasteiger partial charge in [-0.05, 0) is 38.8 Å². The minimum absolute atomic E-state index is 0. The number of nitrogens with one attached hydrogen (secondary N) is 2. The lowest BCUT2D eigenvalue weighted by atomic mass is 10.2. The fourth-order valence-electron chi connectivity index (χ4n) is 2.62. The highest BCUT2D eigenvalue weighted by molar-refractivity contribution is 14.0. The molecule has 5 nitrogen and oxygen atoms in total. The van der Waals surface area contributed by atoms with Gasteiger partial charge in [-0.1, -0.05) is 25.1 Å². The molecule has 0 aliphatic heterocycles. The quantitative estimate of drug-likeness (QED) is 0.367. The van der Waals surface area contributed by atoms with Gasteiger partial charge in [-0.15, -0.1) is 24.0 Å². The van der Waals surface area contributed by atoms with Crippen LogP contribution in [0.15, 0.2) is 35.3 Å². The summed E-state index contributed by atoms with van der Waals surface area (Å²) in [6.07, 6.45) is 0. The molecule has 0 fully saturated rings. The third kappa shape index (κ3) is 6.93. The zero-order valence-electron chi connectivity index (χ0n) is 15.9. The van der Waals surface area contributed by atoms with E-state index in [9.17, 15) is 4.39 Å². The number of aryl methyl sites for hydroxylation is 2. The lowest BCUT2D eigenvalue weighted by Crippen LogP contribution is -2.40. The van der Waals surface area contributed by atoms with Crippen molar-refractivity contribution < 1.29 is 4.39 Å². The molecule has 0 bridgehead atoms. The van der Waals surface area contributed by atoms with E-state index in [0.29, 0.717) is 24.0 Å². The van der Waals surface area contributed by atoms with Gasteiger partial charge in [0, 0.05) is 30.9 Å². The molecule has 1 unspecified atom stereocenters. The number of aliphatic imine (C=N–C) groups is 1. The van der Waals surface area contributed by atoms with Crippen LogP contribution in [0.4, 0.5) is 4.39 Å². The molecular formula is C19H29FIN5. The summed E-state index contributed by atoms with van der Waals surface area (Å²) in [5.41, 5.74) is 2.80. The summed E-state index contributed by atoms with van der Waals surface area (Å²) in [7, 11) is 0. The molecule has 26 heavy (non-hydrogen) atoms. The Morgan fingerprint density at radius 2 is 2.00 bits per heavy atom. The van der Waals surface area contributed by atoms with E-state index in [-0.39, 0.29) is 29.8 Å². The molecule has 7 heteroatoms. The average molecular weight is 473 g/mol. The van der Waals surface area contributed by atoms with Crippen molar-refractivity contribution in [3.8, 4) is 0 Å². The summed E-state index contributed by atoms with van der Waals surface area (Å²) in [4.78, 5) is 4.48. The van der Waals surface area contributed by atoms with Gasteiger partial charge in [0.25, 0.3) is 0 Å². The van der Waals surface area contributed by atoms with E-state index in [1.807, 2.05) is 24.6 Å². The monoisotopic (exact) mass is 473 g/mol. The number of nitrogens with zero attached hydrogens (tertiary/aromatic N) is 3. The van der Waals surface area contributed by atoms with Crippen molar-refractivity contribution in [2.24, 2.45) is 10.9 Å². The third-order valence-electron chi connectivity index (χ3n) is 3.92. The number of benzene rings is 1.